The molecule has 45 heavy (non-hydrogen) atoms. The molecule has 1 saturated carbocycles. The molecule has 1 atom stereocenters. The molecule has 0 amide bonds. The quantitative estimate of drug-likeness (QED) is 0.148. The molecule has 2 aliphatic heterocycles. The Morgan fingerprint density at radius 3 is 2.20 bits per heavy atom. The highest BCUT2D eigenvalue weighted by Crippen LogP contribution is 2.47. The number of furan rings is 1. The highest BCUT2D eigenvalue weighted by molar-refractivity contribution is 6.99. The van der Waals surface area contributed by atoms with Gasteiger partial charge in [-0.3, -0.25) is 0 Å². The summed E-state index contributed by atoms with van der Waals surface area (Å²) in [6.45, 7) is 4.42. The molecule has 0 saturated heterocycles. The van der Waals surface area contributed by atoms with Crippen molar-refractivity contribution >= 4 is 57.4 Å². The second-order valence-electron chi connectivity index (χ2n) is 13.6. The zero-order valence-corrected chi connectivity index (χ0v) is 26.0. The molecule has 0 spiro atoms. The first-order chi connectivity index (χ1) is 22.2. The smallest absolute Gasteiger partial charge is 0.297 e. The van der Waals surface area contributed by atoms with Crippen molar-refractivity contribution in [3.05, 3.63) is 126 Å². The third kappa shape index (κ3) is 4.41. The average Bonchev–Trinajstić information content (AvgIpc) is 3.47. The zero-order chi connectivity index (χ0) is 29.9. The van der Waals surface area contributed by atoms with Crippen LogP contribution in [0.25, 0.3) is 0 Å². The minimum Gasteiger partial charge on any atom is -0.473 e. The van der Waals surface area contributed by atoms with Gasteiger partial charge in [-0.15, -0.1) is 0 Å². The van der Waals surface area contributed by atoms with E-state index < -0.39 is 0 Å². The Morgan fingerprint density at radius 2 is 1.42 bits per heavy atom. The summed E-state index contributed by atoms with van der Waals surface area (Å²) in [4.78, 5) is 5.06. The third-order valence-corrected chi connectivity index (χ3v) is 10.7. The largest absolute Gasteiger partial charge is 0.473 e. The van der Waals surface area contributed by atoms with Gasteiger partial charge >= 0.3 is 0 Å². The normalized spacial score (nSPS) is 18.3. The molecule has 4 heteroatoms. The maximum atomic E-state index is 7.03. The molecular weight excluding hydrogens is 547 g/mol. The van der Waals surface area contributed by atoms with Gasteiger partial charge in [0.25, 0.3) is 6.71 Å². The number of nitrogens with zero attached hydrogens (tertiary/aromatic N) is 2. The minimum atomic E-state index is 0.0578. The van der Waals surface area contributed by atoms with Gasteiger partial charge in [-0.25, -0.2) is 0 Å². The molecular formula is C41H39BN2O. The van der Waals surface area contributed by atoms with Crippen LogP contribution in [0.3, 0.4) is 0 Å². The molecule has 0 bridgehead atoms. The lowest BCUT2D eigenvalue weighted by Crippen LogP contribution is -2.61. The van der Waals surface area contributed by atoms with E-state index in [0.717, 1.165) is 30.8 Å². The van der Waals surface area contributed by atoms with Gasteiger partial charge in [0.1, 0.15) is 5.76 Å². The van der Waals surface area contributed by atoms with E-state index in [-0.39, 0.29) is 6.71 Å². The second-order valence-corrected chi connectivity index (χ2v) is 13.6. The fourth-order valence-electron chi connectivity index (χ4n) is 8.69. The van der Waals surface area contributed by atoms with Crippen LogP contribution in [-0.2, 0) is 19.3 Å². The minimum absolute atomic E-state index is 0.0578. The van der Waals surface area contributed by atoms with Crippen molar-refractivity contribution < 1.29 is 4.42 Å². The summed E-state index contributed by atoms with van der Waals surface area (Å²) in [5.74, 6) is 1.93. The van der Waals surface area contributed by atoms with Crippen LogP contribution in [0.2, 0.25) is 0 Å². The number of hydrogen-bond acceptors (Lipinski definition) is 3. The fourth-order valence-corrected chi connectivity index (χ4v) is 8.69. The van der Waals surface area contributed by atoms with E-state index in [1.54, 1.807) is 0 Å². The molecule has 2 aliphatic carbocycles. The maximum Gasteiger partial charge on any atom is 0.297 e. The highest BCUT2D eigenvalue weighted by atomic mass is 16.3. The van der Waals surface area contributed by atoms with Crippen LogP contribution in [-0.4, -0.2) is 6.71 Å². The summed E-state index contributed by atoms with van der Waals surface area (Å²) in [5.41, 5.74) is 15.6. The van der Waals surface area contributed by atoms with Crippen molar-refractivity contribution in [3.63, 3.8) is 0 Å². The van der Waals surface area contributed by atoms with Crippen molar-refractivity contribution in [2.24, 2.45) is 5.92 Å². The van der Waals surface area contributed by atoms with E-state index in [0.29, 0.717) is 0 Å². The fraction of sp³-hybridized carbons (Fsp3) is 0.268. The number of fused-ring (bicyclic) bond motifs is 6. The van der Waals surface area contributed by atoms with Gasteiger partial charge in [-0.2, -0.15) is 0 Å². The Bertz CT molecular complexity index is 1910. The molecule has 4 aliphatic rings. The number of aryl methyl sites for hydroxylation is 2. The van der Waals surface area contributed by atoms with Crippen LogP contribution in [0.15, 0.2) is 114 Å². The Morgan fingerprint density at radius 1 is 0.733 bits per heavy atom. The highest BCUT2D eigenvalue weighted by Gasteiger charge is 2.47. The van der Waals surface area contributed by atoms with Crippen LogP contribution in [0.1, 0.15) is 61.8 Å². The molecule has 1 aromatic heterocycles. The van der Waals surface area contributed by atoms with Crippen molar-refractivity contribution in [1.29, 1.82) is 0 Å². The van der Waals surface area contributed by atoms with Crippen LogP contribution < -0.4 is 26.4 Å². The van der Waals surface area contributed by atoms with Gasteiger partial charge in [-0.1, -0.05) is 66.7 Å². The van der Waals surface area contributed by atoms with Gasteiger partial charge in [0.2, 0.25) is 0 Å². The molecule has 222 valence electrons. The topological polar surface area (TPSA) is 19.6 Å². The van der Waals surface area contributed by atoms with Gasteiger partial charge in [0.15, 0.2) is 0 Å². The summed E-state index contributed by atoms with van der Waals surface area (Å²) < 4.78 is 7.03. The van der Waals surface area contributed by atoms with E-state index in [9.17, 15) is 0 Å². The van der Waals surface area contributed by atoms with E-state index in [1.165, 1.54) is 112 Å². The molecule has 3 nitrogen and oxygen atoms in total. The molecule has 1 unspecified atom stereocenters. The Labute approximate surface area is 267 Å². The maximum absolute atomic E-state index is 7.03. The second kappa shape index (κ2) is 10.9. The Kier molecular flexibility index (Phi) is 6.51. The monoisotopic (exact) mass is 586 g/mol. The van der Waals surface area contributed by atoms with E-state index in [4.69, 9.17) is 4.42 Å². The van der Waals surface area contributed by atoms with Gasteiger partial charge in [-0.05, 0) is 123 Å². The van der Waals surface area contributed by atoms with Crippen molar-refractivity contribution in [2.75, 3.05) is 9.80 Å². The number of allylic oxidation sites excluding steroid dienone is 1. The molecule has 1 fully saturated rings. The van der Waals surface area contributed by atoms with Gasteiger partial charge < -0.3 is 14.2 Å². The number of anilines is 6. The number of para-hydroxylation sites is 3. The summed E-state index contributed by atoms with van der Waals surface area (Å²) in [7, 11) is 0. The predicted molar refractivity (Wildman–Crippen MR) is 189 cm³/mol. The lowest BCUT2D eigenvalue weighted by molar-refractivity contribution is 0.394. The predicted octanol–water partition coefficient (Wildman–Crippen LogP) is 8.92. The van der Waals surface area contributed by atoms with Crippen LogP contribution >= 0.6 is 0 Å². The van der Waals surface area contributed by atoms with Crippen LogP contribution in [0.4, 0.5) is 34.1 Å². The van der Waals surface area contributed by atoms with Crippen molar-refractivity contribution in [2.45, 2.75) is 64.2 Å². The van der Waals surface area contributed by atoms with E-state index in [2.05, 4.69) is 113 Å². The number of benzene rings is 4. The molecule has 3 heterocycles. The average molecular weight is 587 g/mol. The van der Waals surface area contributed by atoms with Gasteiger partial charge in [0, 0.05) is 40.4 Å². The van der Waals surface area contributed by atoms with Gasteiger partial charge in [0.05, 0.1) is 11.3 Å². The summed E-state index contributed by atoms with van der Waals surface area (Å²) in [5, 5.41) is 0. The zero-order valence-electron chi connectivity index (χ0n) is 26.0. The SMILES string of the molecule is C=C1CCCC(CCc2cc3c4c(c2)N(c2ccccc2)c2c(oc5c2CCCC5)B4c2ccccc2N3c2ccccc2)C1. The first kappa shape index (κ1) is 26.9. The van der Waals surface area contributed by atoms with Crippen molar-refractivity contribution in [3.8, 4) is 0 Å². The molecule has 0 radical (unpaired) electrons. The summed E-state index contributed by atoms with van der Waals surface area (Å²) in [6, 6.07) is 36.0. The molecule has 0 N–H and O–H groups in total. The number of rotatable bonds is 5. The number of hydrogen-bond donors (Lipinski definition) is 0. The standard InChI is InChI=1S/C41H39BN2O/c1-28-13-12-14-29(25-28)23-24-30-26-36-39-37(27-30)44(32-17-6-3-7-18-32)40-33-19-8-11-22-38(33)45-41(40)42(39)34-20-9-10-21-35(34)43(36)31-15-4-2-5-16-31/h2-7,9-10,15-18,20-21,26-27,29H,1,8,11-14,19,22-25H2. The Hall–Kier alpha value is -4.44. The van der Waals surface area contributed by atoms with E-state index >= 15 is 0 Å². The van der Waals surface area contributed by atoms with Crippen LogP contribution in [0.5, 0.6) is 0 Å². The Balaban J connectivity index is 1.30. The lowest BCUT2D eigenvalue weighted by Gasteiger charge is -2.43. The third-order valence-electron chi connectivity index (χ3n) is 10.7. The van der Waals surface area contributed by atoms with Crippen LogP contribution in [0, 0.1) is 5.92 Å². The first-order valence-electron chi connectivity index (χ1n) is 17.0. The lowest BCUT2D eigenvalue weighted by atomic mass is 9.35. The van der Waals surface area contributed by atoms with Crippen molar-refractivity contribution in [1.82, 2.24) is 0 Å². The molecule has 4 aromatic carbocycles. The van der Waals surface area contributed by atoms with E-state index in [1.807, 2.05) is 0 Å². The summed E-state index contributed by atoms with van der Waals surface area (Å²) >= 11 is 0. The first-order valence-corrected chi connectivity index (χ1v) is 17.0. The molecule has 5 aromatic rings. The summed E-state index contributed by atoms with van der Waals surface area (Å²) in [6.07, 6.45) is 11.8. The molecule has 9 rings (SSSR count).